The molecule has 0 bridgehead atoms. The van der Waals surface area contributed by atoms with Crippen molar-refractivity contribution in [2.75, 3.05) is 33.2 Å². The van der Waals surface area contributed by atoms with Gasteiger partial charge in [0.1, 0.15) is 5.78 Å². The highest BCUT2D eigenvalue weighted by molar-refractivity contribution is 6.00. The predicted molar refractivity (Wildman–Crippen MR) is 72.4 cm³/mol. The van der Waals surface area contributed by atoms with E-state index in [9.17, 15) is 9.59 Å². The molecule has 4 nitrogen and oxygen atoms in total. The summed E-state index contributed by atoms with van der Waals surface area (Å²) in [5.74, 6) is -0.332. The minimum atomic E-state index is -0.403. The molecule has 0 saturated carbocycles. The Balaban J connectivity index is 2.51. The Labute approximate surface area is 110 Å². The summed E-state index contributed by atoms with van der Waals surface area (Å²) in [6.45, 7) is 7.01. The quantitative estimate of drug-likeness (QED) is 0.533. The number of likely N-dealkylation sites (N-methyl/N-ethyl adjacent to an activating group) is 1. The van der Waals surface area contributed by atoms with Crippen LogP contribution in [0.1, 0.15) is 39.5 Å². The first-order valence-electron chi connectivity index (χ1n) is 7.04. The number of hydrogen-bond acceptors (Lipinski definition) is 3. The van der Waals surface area contributed by atoms with E-state index < -0.39 is 5.92 Å². The van der Waals surface area contributed by atoms with Crippen molar-refractivity contribution in [1.82, 2.24) is 9.80 Å². The van der Waals surface area contributed by atoms with Crippen LogP contribution < -0.4 is 0 Å². The largest absolute Gasteiger partial charge is 0.340 e. The van der Waals surface area contributed by atoms with Gasteiger partial charge in [-0.25, -0.2) is 0 Å². The van der Waals surface area contributed by atoms with E-state index in [0.717, 1.165) is 45.4 Å². The Morgan fingerprint density at radius 2 is 1.72 bits per heavy atom. The van der Waals surface area contributed by atoms with Gasteiger partial charge >= 0.3 is 0 Å². The van der Waals surface area contributed by atoms with Crippen molar-refractivity contribution in [2.45, 2.75) is 39.5 Å². The molecule has 1 atom stereocenters. The van der Waals surface area contributed by atoms with Crippen LogP contribution in [0.4, 0.5) is 0 Å². The third-order valence-electron chi connectivity index (χ3n) is 3.70. The molecule has 0 aromatic rings. The smallest absolute Gasteiger partial charge is 0.233 e. The molecule has 1 unspecified atom stereocenters. The first-order valence-corrected chi connectivity index (χ1v) is 7.04. The van der Waals surface area contributed by atoms with E-state index in [4.69, 9.17) is 0 Å². The lowest BCUT2D eigenvalue weighted by atomic mass is 9.95. The lowest BCUT2D eigenvalue weighted by Gasteiger charge is -2.34. The van der Waals surface area contributed by atoms with Gasteiger partial charge < -0.3 is 9.80 Å². The summed E-state index contributed by atoms with van der Waals surface area (Å²) >= 11 is 0. The van der Waals surface area contributed by atoms with Gasteiger partial charge in [-0.1, -0.05) is 26.2 Å². The molecular weight excluding hydrogens is 228 g/mol. The SMILES string of the molecule is CCCCCC(C(C)=O)C(=O)N1CCN(C)CC1. The van der Waals surface area contributed by atoms with Gasteiger partial charge in [0.15, 0.2) is 0 Å². The van der Waals surface area contributed by atoms with Crippen LogP contribution in [0.3, 0.4) is 0 Å². The Kier molecular flexibility index (Phi) is 6.33. The Hall–Kier alpha value is -0.900. The minimum absolute atomic E-state index is 0.0232. The summed E-state index contributed by atoms with van der Waals surface area (Å²) in [4.78, 5) is 28.0. The van der Waals surface area contributed by atoms with Crippen LogP contribution in [-0.4, -0.2) is 54.7 Å². The van der Waals surface area contributed by atoms with Crippen LogP contribution in [0, 0.1) is 5.92 Å². The lowest BCUT2D eigenvalue weighted by molar-refractivity contribution is -0.142. The molecule has 0 aliphatic carbocycles. The molecule has 1 saturated heterocycles. The van der Waals surface area contributed by atoms with E-state index in [1.165, 1.54) is 0 Å². The number of amides is 1. The van der Waals surface area contributed by atoms with Gasteiger partial charge in [0, 0.05) is 26.2 Å². The van der Waals surface area contributed by atoms with Gasteiger partial charge in [0.2, 0.25) is 5.91 Å². The van der Waals surface area contributed by atoms with Crippen molar-refractivity contribution in [2.24, 2.45) is 5.92 Å². The van der Waals surface area contributed by atoms with E-state index >= 15 is 0 Å². The van der Waals surface area contributed by atoms with Gasteiger partial charge in [-0.15, -0.1) is 0 Å². The van der Waals surface area contributed by atoms with Gasteiger partial charge in [0.25, 0.3) is 0 Å². The van der Waals surface area contributed by atoms with Crippen molar-refractivity contribution in [1.29, 1.82) is 0 Å². The topological polar surface area (TPSA) is 40.6 Å². The summed E-state index contributed by atoms with van der Waals surface area (Å²) in [7, 11) is 2.06. The fourth-order valence-electron chi connectivity index (χ4n) is 2.35. The molecule has 1 heterocycles. The van der Waals surface area contributed by atoms with E-state index in [1.807, 2.05) is 4.90 Å². The molecule has 1 fully saturated rings. The zero-order valence-corrected chi connectivity index (χ0v) is 11.9. The average molecular weight is 254 g/mol. The van der Waals surface area contributed by atoms with E-state index in [-0.39, 0.29) is 11.7 Å². The second-order valence-electron chi connectivity index (χ2n) is 5.29. The average Bonchev–Trinajstić information content (AvgIpc) is 2.34. The molecule has 1 aliphatic rings. The first-order chi connectivity index (χ1) is 8.56. The molecule has 0 aromatic carbocycles. The Bertz CT molecular complexity index is 284. The van der Waals surface area contributed by atoms with Crippen LogP contribution in [0.5, 0.6) is 0 Å². The van der Waals surface area contributed by atoms with Crippen LogP contribution in [0.25, 0.3) is 0 Å². The van der Waals surface area contributed by atoms with Crippen LogP contribution in [0.2, 0.25) is 0 Å². The number of Topliss-reactive ketones (excluding diaryl/α,β-unsaturated/α-hetero) is 1. The van der Waals surface area contributed by atoms with E-state index in [1.54, 1.807) is 6.92 Å². The number of carbonyl (C=O) groups excluding carboxylic acids is 2. The third-order valence-corrected chi connectivity index (χ3v) is 3.70. The van der Waals surface area contributed by atoms with E-state index in [0.29, 0.717) is 6.42 Å². The fourth-order valence-corrected chi connectivity index (χ4v) is 2.35. The minimum Gasteiger partial charge on any atom is -0.340 e. The van der Waals surface area contributed by atoms with Gasteiger partial charge in [0.05, 0.1) is 5.92 Å². The molecule has 0 aromatic heterocycles. The summed E-state index contributed by atoms with van der Waals surface area (Å²) < 4.78 is 0. The number of carbonyl (C=O) groups is 2. The van der Waals surface area contributed by atoms with Crippen LogP contribution in [-0.2, 0) is 9.59 Å². The Morgan fingerprint density at radius 1 is 1.11 bits per heavy atom. The standard InChI is InChI=1S/C14H26N2O2/c1-4-5-6-7-13(12(2)17)14(18)16-10-8-15(3)9-11-16/h13H,4-11H2,1-3H3. The molecule has 104 valence electrons. The molecule has 0 N–H and O–H groups in total. The number of rotatable bonds is 6. The van der Waals surface area contributed by atoms with Gasteiger partial charge in [-0.05, 0) is 20.4 Å². The summed E-state index contributed by atoms with van der Waals surface area (Å²) in [5, 5.41) is 0. The molecule has 1 rings (SSSR count). The van der Waals surface area contributed by atoms with Gasteiger partial charge in [-0.3, -0.25) is 9.59 Å². The fraction of sp³-hybridized carbons (Fsp3) is 0.857. The second-order valence-corrected chi connectivity index (χ2v) is 5.29. The maximum Gasteiger partial charge on any atom is 0.233 e. The van der Waals surface area contributed by atoms with E-state index in [2.05, 4.69) is 18.9 Å². The zero-order valence-electron chi connectivity index (χ0n) is 11.9. The number of piperazine rings is 1. The number of hydrogen-bond donors (Lipinski definition) is 0. The molecule has 0 radical (unpaired) electrons. The predicted octanol–water partition coefficient (Wildman–Crippen LogP) is 1.55. The molecule has 4 heteroatoms. The highest BCUT2D eigenvalue weighted by Crippen LogP contribution is 2.15. The Morgan fingerprint density at radius 3 is 2.22 bits per heavy atom. The third kappa shape index (κ3) is 4.41. The van der Waals surface area contributed by atoms with Gasteiger partial charge in [-0.2, -0.15) is 0 Å². The molecule has 1 amide bonds. The second kappa shape index (κ2) is 7.52. The highest BCUT2D eigenvalue weighted by Gasteiger charge is 2.29. The van der Waals surface area contributed by atoms with Crippen molar-refractivity contribution in [3.05, 3.63) is 0 Å². The summed E-state index contributed by atoms with van der Waals surface area (Å²) in [5.41, 5.74) is 0. The van der Waals surface area contributed by atoms with Crippen molar-refractivity contribution in [3.8, 4) is 0 Å². The first kappa shape index (κ1) is 15.2. The number of unbranched alkanes of at least 4 members (excludes halogenated alkanes) is 2. The maximum atomic E-state index is 12.3. The van der Waals surface area contributed by atoms with Crippen molar-refractivity contribution in [3.63, 3.8) is 0 Å². The van der Waals surface area contributed by atoms with Crippen LogP contribution in [0.15, 0.2) is 0 Å². The van der Waals surface area contributed by atoms with Crippen molar-refractivity contribution >= 4 is 11.7 Å². The number of ketones is 1. The van der Waals surface area contributed by atoms with Crippen molar-refractivity contribution < 1.29 is 9.59 Å². The summed E-state index contributed by atoms with van der Waals surface area (Å²) in [6, 6.07) is 0. The zero-order chi connectivity index (χ0) is 13.5. The highest BCUT2D eigenvalue weighted by atomic mass is 16.2. The van der Waals surface area contributed by atoms with Crippen LogP contribution >= 0.6 is 0 Å². The molecule has 1 aliphatic heterocycles. The monoisotopic (exact) mass is 254 g/mol. The summed E-state index contributed by atoms with van der Waals surface area (Å²) in [6.07, 6.45) is 3.90. The molecule has 0 spiro atoms. The molecular formula is C14H26N2O2. The molecule has 18 heavy (non-hydrogen) atoms. The number of nitrogens with zero attached hydrogens (tertiary/aromatic N) is 2. The normalized spacial score (nSPS) is 18.7. The maximum absolute atomic E-state index is 12.3. The lowest BCUT2D eigenvalue weighted by Crippen LogP contribution is -2.49.